The summed E-state index contributed by atoms with van der Waals surface area (Å²) in [5, 5.41) is 2.70. The maximum Gasteiger partial charge on any atom is 0.236 e. The van der Waals surface area contributed by atoms with Crippen molar-refractivity contribution in [2.45, 2.75) is 26.3 Å². The molecule has 3 nitrogen and oxygen atoms in total. The second-order valence-corrected chi connectivity index (χ2v) is 3.70. The smallest absolute Gasteiger partial charge is 0.236 e. The third kappa shape index (κ3) is 5.43. The zero-order chi connectivity index (χ0) is 9.56. The highest BCUT2D eigenvalue weighted by Crippen LogP contribution is 2.01. The van der Waals surface area contributed by atoms with Crippen molar-refractivity contribution in [2.75, 3.05) is 12.3 Å². The number of rotatable bonds is 5. The van der Waals surface area contributed by atoms with Gasteiger partial charge in [0.15, 0.2) is 0 Å². The van der Waals surface area contributed by atoms with Gasteiger partial charge in [-0.1, -0.05) is 13.8 Å². The van der Waals surface area contributed by atoms with Gasteiger partial charge in [-0.25, -0.2) is 0 Å². The van der Waals surface area contributed by atoms with Crippen LogP contribution in [0, 0.1) is 5.92 Å². The molecule has 0 saturated carbocycles. The Morgan fingerprint density at radius 1 is 1.58 bits per heavy atom. The van der Waals surface area contributed by atoms with Gasteiger partial charge in [-0.05, 0) is 12.3 Å². The number of carbonyl (C=O) groups is 1. The molecule has 0 fully saturated rings. The lowest BCUT2D eigenvalue weighted by atomic mass is 10.0. The van der Waals surface area contributed by atoms with Crippen LogP contribution in [0.5, 0.6) is 0 Å². The highest BCUT2D eigenvalue weighted by Gasteiger charge is 2.13. The van der Waals surface area contributed by atoms with Gasteiger partial charge < -0.3 is 11.1 Å². The summed E-state index contributed by atoms with van der Waals surface area (Å²) in [6.07, 6.45) is 0.735. The molecule has 1 atom stereocenters. The molecule has 0 aromatic rings. The van der Waals surface area contributed by atoms with Crippen LogP contribution in [0.1, 0.15) is 20.3 Å². The summed E-state index contributed by atoms with van der Waals surface area (Å²) in [4.78, 5) is 11.2. The molecule has 0 aliphatic carbocycles. The largest absolute Gasteiger partial charge is 0.354 e. The Balaban J connectivity index is 3.61. The van der Waals surface area contributed by atoms with Gasteiger partial charge in [0.1, 0.15) is 0 Å². The Morgan fingerprint density at radius 2 is 2.17 bits per heavy atom. The first-order chi connectivity index (χ1) is 5.57. The van der Waals surface area contributed by atoms with Crippen LogP contribution in [-0.2, 0) is 4.79 Å². The summed E-state index contributed by atoms with van der Waals surface area (Å²) in [5.74, 6) is 1.04. The topological polar surface area (TPSA) is 55.1 Å². The molecule has 0 unspecified atom stereocenters. The first kappa shape index (κ1) is 11.8. The van der Waals surface area contributed by atoms with Crippen LogP contribution in [0.15, 0.2) is 0 Å². The van der Waals surface area contributed by atoms with E-state index in [0.29, 0.717) is 18.2 Å². The number of nitrogens with one attached hydrogen (secondary N) is 1. The van der Waals surface area contributed by atoms with Crippen LogP contribution >= 0.6 is 12.6 Å². The van der Waals surface area contributed by atoms with Crippen LogP contribution in [0.25, 0.3) is 0 Å². The van der Waals surface area contributed by atoms with Gasteiger partial charge in [-0.15, -0.1) is 0 Å². The molecule has 0 radical (unpaired) electrons. The van der Waals surface area contributed by atoms with Crippen molar-refractivity contribution >= 4 is 18.5 Å². The van der Waals surface area contributed by atoms with E-state index in [1.54, 1.807) is 0 Å². The fraction of sp³-hybridized carbons (Fsp3) is 0.875. The number of thiol groups is 1. The zero-order valence-corrected chi connectivity index (χ0v) is 8.60. The fourth-order valence-electron chi connectivity index (χ4n) is 0.925. The second kappa shape index (κ2) is 6.31. The molecule has 0 aromatic heterocycles. The van der Waals surface area contributed by atoms with Crippen molar-refractivity contribution in [3.63, 3.8) is 0 Å². The van der Waals surface area contributed by atoms with Crippen molar-refractivity contribution < 1.29 is 4.79 Å². The van der Waals surface area contributed by atoms with Crippen LogP contribution in [0.3, 0.4) is 0 Å². The second-order valence-electron chi connectivity index (χ2n) is 3.25. The Kier molecular flexibility index (Phi) is 6.20. The monoisotopic (exact) mass is 190 g/mol. The van der Waals surface area contributed by atoms with E-state index in [4.69, 9.17) is 5.73 Å². The van der Waals surface area contributed by atoms with Gasteiger partial charge in [0.05, 0.1) is 6.04 Å². The van der Waals surface area contributed by atoms with Crippen molar-refractivity contribution in [3.8, 4) is 0 Å². The average molecular weight is 190 g/mol. The van der Waals surface area contributed by atoms with Gasteiger partial charge in [0, 0.05) is 12.3 Å². The molecule has 0 rings (SSSR count). The minimum atomic E-state index is -0.370. The molecule has 0 aliphatic rings. The van der Waals surface area contributed by atoms with E-state index < -0.39 is 0 Å². The molecule has 12 heavy (non-hydrogen) atoms. The maximum absolute atomic E-state index is 11.2. The Hall–Kier alpha value is -0.220. The van der Waals surface area contributed by atoms with Crippen molar-refractivity contribution in [3.05, 3.63) is 0 Å². The Labute approximate surface area is 79.5 Å². The molecule has 4 heteroatoms. The van der Waals surface area contributed by atoms with E-state index in [1.807, 2.05) is 13.8 Å². The van der Waals surface area contributed by atoms with Crippen molar-refractivity contribution in [1.82, 2.24) is 5.32 Å². The zero-order valence-electron chi connectivity index (χ0n) is 7.71. The normalized spacial score (nSPS) is 13.1. The van der Waals surface area contributed by atoms with E-state index >= 15 is 0 Å². The summed E-state index contributed by atoms with van der Waals surface area (Å²) in [6.45, 7) is 4.69. The van der Waals surface area contributed by atoms with Gasteiger partial charge in [-0.3, -0.25) is 4.79 Å². The van der Waals surface area contributed by atoms with Gasteiger partial charge in [-0.2, -0.15) is 12.6 Å². The molecule has 72 valence electrons. The van der Waals surface area contributed by atoms with Crippen molar-refractivity contribution in [1.29, 1.82) is 0 Å². The van der Waals surface area contributed by atoms with E-state index in [0.717, 1.165) is 6.42 Å². The van der Waals surface area contributed by atoms with E-state index in [-0.39, 0.29) is 11.9 Å². The van der Waals surface area contributed by atoms with Crippen molar-refractivity contribution in [2.24, 2.45) is 11.7 Å². The average Bonchev–Trinajstić information content (AvgIpc) is 1.98. The number of nitrogens with two attached hydrogens (primary N) is 1. The predicted octanol–water partition coefficient (Wildman–Crippen LogP) is 0.406. The predicted molar refractivity (Wildman–Crippen MR) is 54.3 cm³/mol. The first-order valence-corrected chi connectivity index (χ1v) is 4.85. The number of hydrogen-bond acceptors (Lipinski definition) is 3. The highest BCUT2D eigenvalue weighted by molar-refractivity contribution is 7.80. The molecular weight excluding hydrogens is 172 g/mol. The summed E-state index contributed by atoms with van der Waals surface area (Å²) in [6, 6.07) is -0.370. The van der Waals surface area contributed by atoms with Crippen LogP contribution in [0.4, 0.5) is 0 Å². The third-order valence-electron chi connectivity index (χ3n) is 1.47. The quantitative estimate of drug-likeness (QED) is 0.550. The van der Waals surface area contributed by atoms with E-state index in [2.05, 4.69) is 17.9 Å². The Bertz CT molecular complexity index is 139. The van der Waals surface area contributed by atoms with Gasteiger partial charge >= 0.3 is 0 Å². The van der Waals surface area contributed by atoms with Gasteiger partial charge in [0.2, 0.25) is 5.91 Å². The van der Waals surface area contributed by atoms with Crippen LogP contribution in [0.2, 0.25) is 0 Å². The SMILES string of the molecule is CC(C)C[C@H](N)C(=O)NCCS. The molecule has 0 aromatic carbocycles. The van der Waals surface area contributed by atoms with E-state index in [1.165, 1.54) is 0 Å². The molecule has 0 bridgehead atoms. The highest BCUT2D eigenvalue weighted by atomic mass is 32.1. The number of hydrogen-bond donors (Lipinski definition) is 3. The summed E-state index contributed by atoms with van der Waals surface area (Å²) in [5.41, 5.74) is 5.62. The minimum Gasteiger partial charge on any atom is -0.354 e. The molecule has 1 amide bonds. The molecule has 0 saturated heterocycles. The lowest BCUT2D eigenvalue weighted by Crippen LogP contribution is -2.42. The summed E-state index contributed by atoms with van der Waals surface area (Å²) in [7, 11) is 0. The van der Waals surface area contributed by atoms with Gasteiger partial charge in [0.25, 0.3) is 0 Å². The molecule has 0 aliphatic heterocycles. The first-order valence-electron chi connectivity index (χ1n) is 4.22. The maximum atomic E-state index is 11.2. The summed E-state index contributed by atoms with van der Waals surface area (Å²) >= 11 is 3.98. The Morgan fingerprint density at radius 3 is 2.58 bits per heavy atom. The molecule has 0 spiro atoms. The summed E-state index contributed by atoms with van der Waals surface area (Å²) < 4.78 is 0. The standard InChI is InChI=1S/C8H18N2OS/c1-6(2)5-7(9)8(11)10-3-4-12/h6-7,12H,3-5,9H2,1-2H3,(H,10,11)/t7-/m0/s1. The molecule has 3 N–H and O–H groups in total. The molecule has 0 heterocycles. The van der Waals surface area contributed by atoms with Crippen LogP contribution in [-0.4, -0.2) is 24.2 Å². The fourth-order valence-corrected chi connectivity index (χ4v) is 1.04. The molecular formula is C8H18N2OS. The number of carbonyl (C=O) groups excluding carboxylic acids is 1. The van der Waals surface area contributed by atoms with Crippen LogP contribution < -0.4 is 11.1 Å². The number of amides is 1. The van der Waals surface area contributed by atoms with E-state index in [9.17, 15) is 4.79 Å². The minimum absolute atomic E-state index is 0.0715. The lowest BCUT2D eigenvalue weighted by molar-refractivity contribution is -0.122. The third-order valence-corrected chi connectivity index (χ3v) is 1.70. The lowest BCUT2D eigenvalue weighted by Gasteiger charge is -2.13.